The van der Waals surface area contributed by atoms with Crippen molar-refractivity contribution in [2.75, 3.05) is 0 Å². The molecule has 1 heterocycles. The fraction of sp³-hybridized carbons (Fsp3) is 0.273. The van der Waals surface area contributed by atoms with Crippen LogP contribution in [0.5, 0.6) is 0 Å². The van der Waals surface area contributed by atoms with Crippen LogP contribution in [-0.4, -0.2) is 9.49 Å². The highest BCUT2D eigenvalue weighted by Gasteiger charge is 2.15. The molecule has 0 bridgehead atoms. The lowest BCUT2D eigenvalue weighted by atomic mass is 10.1. The predicted molar refractivity (Wildman–Crippen MR) is 59.0 cm³/mol. The minimum Gasteiger partial charge on any atom is -0.351 e. The molecule has 0 saturated carbocycles. The molecule has 15 heavy (non-hydrogen) atoms. The number of nitrogens with zero attached hydrogens (tertiary/aromatic N) is 2. The maximum absolute atomic E-state index is 10.8. The topological polar surface area (TPSA) is 48.1 Å². The van der Waals surface area contributed by atoms with Gasteiger partial charge in [-0.3, -0.25) is 10.1 Å². The standard InChI is InChI=1S/C11H12N2O2/c1-3-8-9-6-7-12(2)10(9)4-5-11(8)13(14)15/h4-7H,3H2,1-2H3. The van der Waals surface area contributed by atoms with Crippen molar-refractivity contribution in [3.05, 3.63) is 40.1 Å². The van der Waals surface area contributed by atoms with Crippen LogP contribution < -0.4 is 0 Å². The molecule has 0 fully saturated rings. The Kier molecular flexibility index (Phi) is 2.19. The summed E-state index contributed by atoms with van der Waals surface area (Å²) in [6.07, 6.45) is 2.60. The maximum Gasteiger partial charge on any atom is 0.273 e. The van der Waals surface area contributed by atoms with Crippen LogP contribution in [0.3, 0.4) is 0 Å². The Morgan fingerprint density at radius 3 is 2.73 bits per heavy atom. The van der Waals surface area contributed by atoms with Gasteiger partial charge in [0.2, 0.25) is 0 Å². The minimum atomic E-state index is -0.314. The van der Waals surface area contributed by atoms with Crippen molar-refractivity contribution >= 4 is 16.6 Å². The van der Waals surface area contributed by atoms with E-state index in [1.807, 2.05) is 30.8 Å². The third-order valence-corrected chi connectivity index (χ3v) is 2.70. The van der Waals surface area contributed by atoms with Crippen LogP contribution in [0.15, 0.2) is 24.4 Å². The average Bonchev–Trinajstić information content (AvgIpc) is 2.59. The minimum absolute atomic E-state index is 0.219. The Hall–Kier alpha value is -1.84. The van der Waals surface area contributed by atoms with Gasteiger partial charge in [-0.1, -0.05) is 6.92 Å². The van der Waals surface area contributed by atoms with Crippen LogP contribution in [0, 0.1) is 10.1 Å². The number of hydrogen-bond acceptors (Lipinski definition) is 2. The zero-order chi connectivity index (χ0) is 11.0. The van der Waals surface area contributed by atoms with Crippen LogP contribution >= 0.6 is 0 Å². The number of aryl methyl sites for hydroxylation is 2. The second-order valence-electron chi connectivity index (χ2n) is 3.53. The van der Waals surface area contributed by atoms with E-state index in [4.69, 9.17) is 0 Å². The third-order valence-electron chi connectivity index (χ3n) is 2.70. The first kappa shape index (κ1) is 9.71. The first-order chi connectivity index (χ1) is 7.15. The number of hydrogen-bond donors (Lipinski definition) is 0. The summed E-state index contributed by atoms with van der Waals surface area (Å²) in [5.41, 5.74) is 2.08. The SMILES string of the molecule is CCc1c([N+](=O)[O-])ccc2c1ccn2C. The van der Waals surface area contributed by atoms with Crippen LogP contribution in [0.4, 0.5) is 5.69 Å². The van der Waals surface area contributed by atoms with Gasteiger partial charge in [0.1, 0.15) is 0 Å². The van der Waals surface area contributed by atoms with Gasteiger partial charge < -0.3 is 4.57 Å². The summed E-state index contributed by atoms with van der Waals surface area (Å²) in [7, 11) is 1.94. The zero-order valence-electron chi connectivity index (χ0n) is 8.73. The fourth-order valence-corrected chi connectivity index (χ4v) is 1.94. The molecular formula is C11H12N2O2. The molecule has 0 atom stereocenters. The number of nitro groups is 1. The van der Waals surface area contributed by atoms with E-state index in [1.165, 1.54) is 0 Å². The summed E-state index contributed by atoms with van der Waals surface area (Å²) in [6.45, 7) is 1.94. The molecule has 4 heteroatoms. The van der Waals surface area contributed by atoms with Gasteiger partial charge in [0.05, 0.1) is 4.92 Å². The summed E-state index contributed by atoms with van der Waals surface area (Å²) in [6, 6.07) is 5.31. The van der Waals surface area contributed by atoms with E-state index in [2.05, 4.69) is 0 Å². The lowest BCUT2D eigenvalue weighted by molar-refractivity contribution is -0.385. The smallest absolute Gasteiger partial charge is 0.273 e. The van der Waals surface area contributed by atoms with Gasteiger partial charge >= 0.3 is 0 Å². The predicted octanol–water partition coefficient (Wildman–Crippen LogP) is 2.65. The van der Waals surface area contributed by atoms with Crippen molar-refractivity contribution in [1.82, 2.24) is 4.57 Å². The van der Waals surface area contributed by atoms with Crippen molar-refractivity contribution in [3.63, 3.8) is 0 Å². The second kappa shape index (κ2) is 3.38. The molecule has 0 unspecified atom stereocenters. The Labute approximate surface area is 87.3 Å². The molecule has 2 aromatic rings. The molecule has 0 saturated heterocycles. The molecule has 4 nitrogen and oxygen atoms in total. The van der Waals surface area contributed by atoms with Crippen LogP contribution in [0.2, 0.25) is 0 Å². The first-order valence-corrected chi connectivity index (χ1v) is 4.86. The molecule has 1 aromatic heterocycles. The van der Waals surface area contributed by atoms with E-state index in [0.717, 1.165) is 16.5 Å². The summed E-state index contributed by atoms with van der Waals surface area (Å²) >= 11 is 0. The van der Waals surface area contributed by atoms with Crippen LogP contribution in [0.1, 0.15) is 12.5 Å². The van der Waals surface area contributed by atoms with Gasteiger partial charge in [-0.05, 0) is 18.6 Å². The lowest BCUT2D eigenvalue weighted by Gasteiger charge is -2.02. The molecule has 1 aromatic carbocycles. The number of fused-ring (bicyclic) bond motifs is 1. The largest absolute Gasteiger partial charge is 0.351 e. The van der Waals surface area contributed by atoms with E-state index < -0.39 is 0 Å². The fourth-order valence-electron chi connectivity index (χ4n) is 1.94. The quantitative estimate of drug-likeness (QED) is 0.557. The summed E-state index contributed by atoms with van der Waals surface area (Å²) in [4.78, 5) is 10.5. The summed E-state index contributed by atoms with van der Waals surface area (Å²) in [5.74, 6) is 0. The van der Waals surface area contributed by atoms with E-state index in [9.17, 15) is 10.1 Å². The second-order valence-corrected chi connectivity index (χ2v) is 3.53. The highest BCUT2D eigenvalue weighted by Crippen LogP contribution is 2.28. The Balaban J connectivity index is 2.82. The maximum atomic E-state index is 10.8. The number of nitro benzene ring substituents is 1. The molecule has 0 aliphatic heterocycles. The number of benzene rings is 1. The van der Waals surface area contributed by atoms with Crippen molar-refractivity contribution in [2.24, 2.45) is 7.05 Å². The van der Waals surface area contributed by atoms with Gasteiger partial charge in [-0.25, -0.2) is 0 Å². The van der Waals surface area contributed by atoms with Gasteiger partial charge in [-0.15, -0.1) is 0 Å². The van der Waals surface area contributed by atoms with Gasteiger partial charge in [0, 0.05) is 35.8 Å². The molecule has 0 N–H and O–H groups in total. The van der Waals surface area contributed by atoms with Crippen molar-refractivity contribution < 1.29 is 4.92 Å². The van der Waals surface area contributed by atoms with E-state index >= 15 is 0 Å². The van der Waals surface area contributed by atoms with Crippen molar-refractivity contribution in [2.45, 2.75) is 13.3 Å². The lowest BCUT2D eigenvalue weighted by Crippen LogP contribution is -1.95. The van der Waals surface area contributed by atoms with Crippen molar-refractivity contribution in [3.8, 4) is 0 Å². The first-order valence-electron chi connectivity index (χ1n) is 4.86. The molecule has 0 radical (unpaired) electrons. The molecule has 0 spiro atoms. The van der Waals surface area contributed by atoms with Crippen LogP contribution in [-0.2, 0) is 13.5 Å². The summed E-state index contributed by atoms with van der Waals surface area (Å²) < 4.78 is 1.97. The normalized spacial score (nSPS) is 10.8. The Bertz CT molecular complexity index is 529. The van der Waals surface area contributed by atoms with Gasteiger partial charge in [-0.2, -0.15) is 0 Å². The zero-order valence-corrected chi connectivity index (χ0v) is 8.73. The third kappa shape index (κ3) is 1.38. The number of aromatic nitrogens is 1. The van der Waals surface area contributed by atoms with Gasteiger partial charge in [0.15, 0.2) is 0 Å². The van der Waals surface area contributed by atoms with Crippen molar-refractivity contribution in [1.29, 1.82) is 0 Å². The number of rotatable bonds is 2. The monoisotopic (exact) mass is 204 g/mol. The molecule has 78 valence electrons. The Morgan fingerprint density at radius 1 is 1.40 bits per heavy atom. The summed E-state index contributed by atoms with van der Waals surface area (Å²) in [5, 5.41) is 11.8. The molecule has 0 aliphatic rings. The average molecular weight is 204 g/mol. The highest BCUT2D eigenvalue weighted by molar-refractivity contribution is 5.87. The Morgan fingerprint density at radius 2 is 2.13 bits per heavy atom. The molecular weight excluding hydrogens is 192 g/mol. The van der Waals surface area contributed by atoms with Crippen LogP contribution in [0.25, 0.3) is 10.9 Å². The van der Waals surface area contributed by atoms with E-state index in [-0.39, 0.29) is 10.6 Å². The van der Waals surface area contributed by atoms with E-state index in [1.54, 1.807) is 12.1 Å². The molecule has 2 rings (SSSR count). The van der Waals surface area contributed by atoms with E-state index in [0.29, 0.717) is 6.42 Å². The highest BCUT2D eigenvalue weighted by atomic mass is 16.6. The van der Waals surface area contributed by atoms with Gasteiger partial charge in [0.25, 0.3) is 5.69 Å². The molecule has 0 aliphatic carbocycles. The molecule has 0 amide bonds.